The second-order valence-corrected chi connectivity index (χ2v) is 11.6. The molecular weight excluding hydrogens is 536 g/mol. The normalized spacial score (nSPS) is 16.1. The van der Waals surface area contributed by atoms with Crippen molar-refractivity contribution >= 4 is 11.8 Å². The van der Waals surface area contributed by atoms with Gasteiger partial charge in [0.25, 0.3) is 0 Å². The van der Waals surface area contributed by atoms with Crippen molar-refractivity contribution in [1.29, 1.82) is 0 Å². The summed E-state index contributed by atoms with van der Waals surface area (Å²) in [6.07, 6.45) is 3.59. The van der Waals surface area contributed by atoms with Crippen molar-refractivity contribution in [3.05, 3.63) is 102 Å². The van der Waals surface area contributed by atoms with Gasteiger partial charge in [0.15, 0.2) is 0 Å². The molecule has 2 atom stereocenters. The number of nitrogens with zero attached hydrogens (tertiary/aromatic N) is 3. The smallest absolute Gasteiger partial charge is 0.312 e. The Labute approximate surface area is 257 Å². The molecule has 0 saturated carbocycles. The van der Waals surface area contributed by atoms with E-state index in [0.717, 1.165) is 50.2 Å². The molecule has 1 aliphatic rings. The van der Waals surface area contributed by atoms with Crippen LogP contribution < -0.4 is 10.1 Å². The minimum atomic E-state index is -0.389. The fraction of sp³-hybridized carbons (Fsp3) is 0.444. The van der Waals surface area contributed by atoms with Gasteiger partial charge in [-0.25, -0.2) is 0 Å². The molecule has 1 fully saturated rings. The number of hydrogen-bond acceptors (Lipinski definition) is 5. The van der Waals surface area contributed by atoms with Gasteiger partial charge in [0.1, 0.15) is 5.75 Å². The van der Waals surface area contributed by atoms with E-state index in [2.05, 4.69) is 60.6 Å². The van der Waals surface area contributed by atoms with Gasteiger partial charge in [0, 0.05) is 44.8 Å². The van der Waals surface area contributed by atoms with Gasteiger partial charge >= 0.3 is 11.8 Å². The van der Waals surface area contributed by atoms with E-state index in [1.165, 1.54) is 11.1 Å². The molecule has 0 unspecified atom stereocenters. The summed E-state index contributed by atoms with van der Waals surface area (Å²) in [6, 6.07) is 28.7. The monoisotopic (exact) mass is 584 g/mol. The fourth-order valence-electron chi connectivity index (χ4n) is 5.80. The summed E-state index contributed by atoms with van der Waals surface area (Å²) in [4.78, 5) is 32.8. The van der Waals surface area contributed by atoms with Gasteiger partial charge in [-0.3, -0.25) is 9.59 Å². The van der Waals surface area contributed by atoms with Gasteiger partial charge in [0.05, 0.1) is 6.61 Å². The SMILES string of the molecule is CCOc1ccc(CCN2C(=O)C(=O)N([C@@H](CCCCN(C)Cc3ccccc3)CNCc3ccccc3)C[C@@H]2C)cc1. The number of carbonyl (C=O) groups is 2. The van der Waals surface area contributed by atoms with Crippen molar-refractivity contribution in [2.75, 3.05) is 39.8 Å². The first-order valence-corrected chi connectivity index (χ1v) is 15.7. The van der Waals surface area contributed by atoms with Crippen molar-refractivity contribution < 1.29 is 14.3 Å². The maximum atomic E-state index is 13.5. The molecule has 7 heteroatoms. The zero-order chi connectivity index (χ0) is 30.4. The quantitative estimate of drug-likeness (QED) is 0.176. The van der Waals surface area contributed by atoms with Crippen LogP contribution in [0.4, 0.5) is 0 Å². The van der Waals surface area contributed by atoms with Crippen LogP contribution in [-0.4, -0.2) is 78.4 Å². The van der Waals surface area contributed by atoms with Crippen LogP contribution in [0.3, 0.4) is 0 Å². The lowest BCUT2D eigenvalue weighted by atomic mass is 10.0. The van der Waals surface area contributed by atoms with Crippen LogP contribution in [0.1, 0.15) is 49.8 Å². The number of amides is 2. The van der Waals surface area contributed by atoms with E-state index in [-0.39, 0.29) is 23.9 Å². The second kappa shape index (κ2) is 16.8. The van der Waals surface area contributed by atoms with Gasteiger partial charge in [-0.05, 0) is 75.5 Å². The van der Waals surface area contributed by atoms with Crippen molar-refractivity contribution in [2.45, 2.75) is 64.7 Å². The number of nitrogens with one attached hydrogen (secondary N) is 1. The molecular formula is C36H48N4O3. The molecule has 3 aromatic carbocycles. The predicted octanol–water partition coefficient (Wildman–Crippen LogP) is 5.15. The van der Waals surface area contributed by atoms with Crippen molar-refractivity contribution in [3.8, 4) is 5.75 Å². The zero-order valence-corrected chi connectivity index (χ0v) is 26.1. The van der Waals surface area contributed by atoms with Gasteiger partial charge in [0.2, 0.25) is 0 Å². The summed E-state index contributed by atoms with van der Waals surface area (Å²) < 4.78 is 5.54. The lowest BCUT2D eigenvalue weighted by molar-refractivity contribution is -0.160. The Morgan fingerprint density at radius 3 is 2.23 bits per heavy atom. The molecule has 43 heavy (non-hydrogen) atoms. The lowest BCUT2D eigenvalue weighted by Crippen LogP contribution is -2.62. The van der Waals surface area contributed by atoms with Crippen LogP contribution in [0, 0.1) is 0 Å². The summed E-state index contributed by atoms with van der Waals surface area (Å²) in [5, 5.41) is 3.56. The van der Waals surface area contributed by atoms with Crippen molar-refractivity contribution in [1.82, 2.24) is 20.0 Å². The largest absolute Gasteiger partial charge is 0.494 e. The van der Waals surface area contributed by atoms with E-state index in [1.807, 2.05) is 60.4 Å². The van der Waals surface area contributed by atoms with E-state index in [9.17, 15) is 9.59 Å². The summed E-state index contributed by atoms with van der Waals surface area (Å²) in [5.74, 6) is 0.0760. The molecule has 0 radical (unpaired) electrons. The molecule has 0 aliphatic carbocycles. The van der Waals surface area contributed by atoms with Crippen LogP contribution in [0.2, 0.25) is 0 Å². The predicted molar refractivity (Wildman–Crippen MR) is 173 cm³/mol. The zero-order valence-electron chi connectivity index (χ0n) is 26.1. The standard InChI is InChI=1S/C36H48N4O3/c1-4-43-34-20-18-30(19-21-34)22-24-39-29(2)27-40(36(42)35(39)41)33(26-37-25-31-13-7-5-8-14-31)17-11-12-23-38(3)28-32-15-9-6-10-16-32/h5-10,13-16,18-21,29,33,37H,4,11-12,17,22-28H2,1-3H3/t29-,33-/m0/s1. The summed E-state index contributed by atoms with van der Waals surface area (Å²) in [7, 11) is 2.16. The molecule has 1 saturated heterocycles. The molecule has 0 bridgehead atoms. The molecule has 7 nitrogen and oxygen atoms in total. The summed E-state index contributed by atoms with van der Waals surface area (Å²) in [6.45, 7) is 9.04. The minimum Gasteiger partial charge on any atom is -0.494 e. The summed E-state index contributed by atoms with van der Waals surface area (Å²) >= 11 is 0. The minimum absolute atomic E-state index is 0.0321. The fourth-order valence-corrected chi connectivity index (χ4v) is 5.80. The maximum Gasteiger partial charge on any atom is 0.312 e. The molecule has 1 heterocycles. The number of benzene rings is 3. The highest BCUT2D eigenvalue weighted by Crippen LogP contribution is 2.20. The second-order valence-electron chi connectivity index (χ2n) is 11.6. The Balaban J connectivity index is 1.33. The van der Waals surface area contributed by atoms with Crippen molar-refractivity contribution in [3.63, 3.8) is 0 Å². The van der Waals surface area contributed by atoms with Gasteiger partial charge in [-0.2, -0.15) is 0 Å². The molecule has 1 N–H and O–H groups in total. The van der Waals surface area contributed by atoms with Crippen LogP contribution in [-0.2, 0) is 29.1 Å². The first-order chi connectivity index (χ1) is 20.9. The van der Waals surface area contributed by atoms with Gasteiger partial charge in [-0.1, -0.05) is 79.2 Å². The average Bonchev–Trinajstić information content (AvgIpc) is 3.02. The van der Waals surface area contributed by atoms with E-state index in [0.29, 0.717) is 32.7 Å². The Morgan fingerprint density at radius 1 is 0.884 bits per heavy atom. The Hall–Kier alpha value is -3.68. The van der Waals surface area contributed by atoms with Gasteiger partial charge in [-0.15, -0.1) is 0 Å². The molecule has 2 amide bonds. The third kappa shape index (κ3) is 9.94. The first kappa shape index (κ1) is 32.2. The van der Waals surface area contributed by atoms with Crippen LogP contribution in [0.15, 0.2) is 84.9 Å². The van der Waals surface area contributed by atoms with Gasteiger partial charge < -0.3 is 24.8 Å². The topological polar surface area (TPSA) is 65.1 Å². The molecule has 4 rings (SSSR count). The number of carbonyl (C=O) groups excluding carboxylic acids is 2. The van der Waals surface area contributed by atoms with Crippen LogP contribution in [0.5, 0.6) is 5.75 Å². The first-order valence-electron chi connectivity index (χ1n) is 15.7. The number of hydrogen-bond donors (Lipinski definition) is 1. The molecule has 0 spiro atoms. The average molecular weight is 585 g/mol. The highest BCUT2D eigenvalue weighted by molar-refractivity contribution is 6.35. The van der Waals surface area contributed by atoms with E-state index in [4.69, 9.17) is 4.74 Å². The molecule has 230 valence electrons. The highest BCUT2D eigenvalue weighted by Gasteiger charge is 2.39. The Bertz CT molecular complexity index is 1250. The van der Waals surface area contributed by atoms with Crippen LogP contribution in [0.25, 0.3) is 0 Å². The van der Waals surface area contributed by atoms with Crippen LogP contribution >= 0.6 is 0 Å². The summed E-state index contributed by atoms with van der Waals surface area (Å²) in [5.41, 5.74) is 3.64. The Kier molecular flexibility index (Phi) is 12.6. The number of rotatable bonds is 17. The lowest BCUT2D eigenvalue weighted by Gasteiger charge is -2.42. The Morgan fingerprint density at radius 2 is 1.56 bits per heavy atom. The number of piperazine rings is 1. The number of unbranched alkanes of at least 4 members (excludes halogenated alkanes) is 1. The number of ether oxygens (including phenoxy) is 1. The maximum absolute atomic E-state index is 13.5. The third-order valence-electron chi connectivity index (χ3n) is 8.19. The molecule has 1 aliphatic heterocycles. The van der Waals surface area contributed by atoms with E-state index >= 15 is 0 Å². The van der Waals surface area contributed by atoms with E-state index < -0.39 is 0 Å². The molecule has 0 aromatic heterocycles. The van der Waals surface area contributed by atoms with E-state index in [1.54, 1.807) is 4.90 Å². The third-order valence-corrected chi connectivity index (χ3v) is 8.19. The molecule has 3 aromatic rings. The highest BCUT2D eigenvalue weighted by atomic mass is 16.5. The van der Waals surface area contributed by atoms with Crippen molar-refractivity contribution in [2.24, 2.45) is 0 Å².